The molecule has 5 nitrogen and oxygen atoms in total. The fourth-order valence-electron chi connectivity index (χ4n) is 2.40. The van der Waals surface area contributed by atoms with Gasteiger partial charge in [0.1, 0.15) is 0 Å². The smallest absolute Gasteiger partial charge is 0.317 e. The Balaban J connectivity index is 2.23. The molecule has 2 N–H and O–H groups in total. The van der Waals surface area contributed by atoms with E-state index in [2.05, 4.69) is 5.32 Å². The average molecular weight is 256 g/mol. The SMILES string of the molecule is CC(CCCC(=O)O)NC(=O)N(C)C1CCCC1. The average Bonchev–Trinajstić information content (AvgIpc) is 2.80. The van der Waals surface area contributed by atoms with Gasteiger partial charge in [0, 0.05) is 25.6 Å². The second kappa shape index (κ2) is 7.24. The van der Waals surface area contributed by atoms with Gasteiger partial charge in [0.05, 0.1) is 0 Å². The lowest BCUT2D eigenvalue weighted by Gasteiger charge is -2.26. The number of carboxylic acids is 1. The lowest BCUT2D eigenvalue weighted by atomic mass is 10.1. The van der Waals surface area contributed by atoms with Gasteiger partial charge in [-0.15, -0.1) is 0 Å². The first kappa shape index (κ1) is 14.8. The van der Waals surface area contributed by atoms with Crippen molar-refractivity contribution in [1.29, 1.82) is 0 Å². The third kappa shape index (κ3) is 4.94. The van der Waals surface area contributed by atoms with Gasteiger partial charge in [0.15, 0.2) is 0 Å². The summed E-state index contributed by atoms with van der Waals surface area (Å²) in [4.78, 5) is 24.1. The number of nitrogens with zero attached hydrogens (tertiary/aromatic N) is 1. The molecule has 0 radical (unpaired) electrons. The Morgan fingerprint density at radius 3 is 2.56 bits per heavy atom. The van der Waals surface area contributed by atoms with Crippen LogP contribution < -0.4 is 5.32 Å². The predicted octanol–water partition coefficient (Wildman–Crippen LogP) is 2.21. The van der Waals surface area contributed by atoms with Crippen LogP contribution in [0, 0.1) is 0 Å². The van der Waals surface area contributed by atoms with Crippen LogP contribution >= 0.6 is 0 Å². The van der Waals surface area contributed by atoms with E-state index >= 15 is 0 Å². The molecule has 0 saturated heterocycles. The van der Waals surface area contributed by atoms with E-state index in [1.54, 1.807) is 4.90 Å². The van der Waals surface area contributed by atoms with Crippen molar-refractivity contribution in [2.24, 2.45) is 0 Å². The molecule has 1 rings (SSSR count). The van der Waals surface area contributed by atoms with Gasteiger partial charge >= 0.3 is 12.0 Å². The number of hydrogen-bond acceptors (Lipinski definition) is 2. The molecule has 18 heavy (non-hydrogen) atoms. The summed E-state index contributed by atoms with van der Waals surface area (Å²) < 4.78 is 0. The van der Waals surface area contributed by atoms with Gasteiger partial charge in [-0.3, -0.25) is 4.79 Å². The van der Waals surface area contributed by atoms with Gasteiger partial charge in [0.2, 0.25) is 0 Å². The molecule has 1 atom stereocenters. The number of rotatable bonds is 6. The molecule has 1 fully saturated rings. The number of hydrogen-bond donors (Lipinski definition) is 2. The highest BCUT2D eigenvalue weighted by molar-refractivity contribution is 5.74. The summed E-state index contributed by atoms with van der Waals surface area (Å²) >= 11 is 0. The maximum Gasteiger partial charge on any atom is 0.317 e. The van der Waals surface area contributed by atoms with E-state index in [0.717, 1.165) is 12.8 Å². The Hall–Kier alpha value is -1.26. The van der Waals surface area contributed by atoms with Crippen LogP contribution in [0.2, 0.25) is 0 Å². The van der Waals surface area contributed by atoms with E-state index in [0.29, 0.717) is 18.9 Å². The van der Waals surface area contributed by atoms with Crippen molar-refractivity contribution in [3.63, 3.8) is 0 Å². The van der Waals surface area contributed by atoms with Crippen molar-refractivity contribution in [3.05, 3.63) is 0 Å². The molecule has 1 aliphatic carbocycles. The fraction of sp³-hybridized carbons (Fsp3) is 0.846. The molecule has 0 aromatic carbocycles. The van der Waals surface area contributed by atoms with E-state index in [1.165, 1.54) is 12.8 Å². The third-order valence-corrected chi connectivity index (χ3v) is 3.59. The minimum atomic E-state index is -0.781. The summed E-state index contributed by atoms with van der Waals surface area (Å²) in [5.74, 6) is -0.781. The number of carbonyl (C=O) groups excluding carboxylic acids is 1. The summed E-state index contributed by atoms with van der Waals surface area (Å²) in [6, 6.07) is 0.363. The number of carbonyl (C=O) groups is 2. The van der Waals surface area contributed by atoms with Crippen LogP contribution in [-0.2, 0) is 4.79 Å². The van der Waals surface area contributed by atoms with Crippen molar-refractivity contribution in [2.45, 2.75) is 64.0 Å². The zero-order chi connectivity index (χ0) is 13.5. The van der Waals surface area contributed by atoms with Crippen LogP contribution in [0.5, 0.6) is 0 Å². The van der Waals surface area contributed by atoms with E-state index in [1.807, 2.05) is 14.0 Å². The molecule has 1 unspecified atom stereocenters. The maximum absolute atomic E-state index is 11.9. The van der Waals surface area contributed by atoms with Crippen LogP contribution in [0.1, 0.15) is 51.9 Å². The molecule has 5 heteroatoms. The highest BCUT2D eigenvalue weighted by Gasteiger charge is 2.23. The molecule has 0 heterocycles. The Bertz CT molecular complexity index is 288. The van der Waals surface area contributed by atoms with Crippen molar-refractivity contribution in [2.75, 3.05) is 7.05 Å². The molecule has 0 bridgehead atoms. The highest BCUT2D eigenvalue weighted by atomic mass is 16.4. The standard InChI is InChI=1S/C13H24N2O3/c1-10(6-5-9-12(16)17)14-13(18)15(2)11-7-3-4-8-11/h10-11H,3-9H2,1-2H3,(H,14,18)(H,16,17). The lowest BCUT2D eigenvalue weighted by Crippen LogP contribution is -2.45. The normalized spacial score (nSPS) is 17.4. The van der Waals surface area contributed by atoms with Crippen molar-refractivity contribution in [3.8, 4) is 0 Å². The van der Waals surface area contributed by atoms with Crippen LogP contribution in [0.4, 0.5) is 4.79 Å². The zero-order valence-electron chi connectivity index (χ0n) is 11.3. The molecule has 0 aromatic rings. The van der Waals surface area contributed by atoms with E-state index < -0.39 is 5.97 Å². The predicted molar refractivity (Wildman–Crippen MR) is 69.5 cm³/mol. The number of amides is 2. The molecular weight excluding hydrogens is 232 g/mol. The Morgan fingerprint density at radius 2 is 2.00 bits per heavy atom. The molecule has 2 amide bonds. The molecule has 1 aliphatic rings. The van der Waals surface area contributed by atoms with Gasteiger partial charge in [-0.25, -0.2) is 4.79 Å². The molecule has 0 spiro atoms. The fourth-order valence-corrected chi connectivity index (χ4v) is 2.40. The molecular formula is C13H24N2O3. The van der Waals surface area contributed by atoms with E-state index in [9.17, 15) is 9.59 Å². The quantitative estimate of drug-likeness (QED) is 0.765. The number of aliphatic carboxylic acids is 1. The van der Waals surface area contributed by atoms with Gasteiger partial charge in [-0.05, 0) is 32.6 Å². The molecule has 0 aliphatic heterocycles. The Labute approximate surface area is 109 Å². The van der Waals surface area contributed by atoms with Crippen LogP contribution in [0.25, 0.3) is 0 Å². The largest absolute Gasteiger partial charge is 0.481 e. The Morgan fingerprint density at radius 1 is 1.39 bits per heavy atom. The number of nitrogens with one attached hydrogen (secondary N) is 1. The first-order chi connectivity index (χ1) is 8.50. The van der Waals surface area contributed by atoms with Crippen molar-refractivity contribution >= 4 is 12.0 Å². The number of carboxylic acid groups (broad SMARTS) is 1. The minimum absolute atomic E-state index is 0.0284. The van der Waals surface area contributed by atoms with E-state index in [-0.39, 0.29) is 18.5 Å². The highest BCUT2D eigenvalue weighted by Crippen LogP contribution is 2.22. The first-order valence-corrected chi connectivity index (χ1v) is 6.76. The molecule has 0 aromatic heterocycles. The summed E-state index contributed by atoms with van der Waals surface area (Å²) in [6.07, 6.45) is 6.07. The maximum atomic E-state index is 11.9. The summed E-state index contributed by atoms with van der Waals surface area (Å²) in [5.41, 5.74) is 0. The van der Waals surface area contributed by atoms with Gasteiger partial charge in [0.25, 0.3) is 0 Å². The topological polar surface area (TPSA) is 69.6 Å². The van der Waals surface area contributed by atoms with Crippen molar-refractivity contribution in [1.82, 2.24) is 10.2 Å². The summed E-state index contributed by atoms with van der Waals surface area (Å²) in [6.45, 7) is 1.92. The van der Waals surface area contributed by atoms with Crippen LogP contribution in [0.15, 0.2) is 0 Å². The molecule has 1 saturated carbocycles. The summed E-state index contributed by atoms with van der Waals surface area (Å²) in [5, 5.41) is 11.5. The van der Waals surface area contributed by atoms with Gasteiger partial charge < -0.3 is 15.3 Å². The van der Waals surface area contributed by atoms with Gasteiger partial charge in [-0.2, -0.15) is 0 Å². The van der Waals surface area contributed by atoms with Crippen molar-refractivity contribution < 1.29 is 14.7 Å². The van der Waals surface area contributed by atoms with Crippen LogP contribution in [-0.4, -0.2) is 41.1 Å². The van der Waals surface area contributed by atoms with Gasteiger partial charge in [-0.1, -0.05) is 12.8 Å². The first-order valence-electron chi connectivity index (χ1n) is 6.76. The second-order valence-electron chi connectivity index (χ2n) is 5.19. The van der Waals surface area contributed by atoms with Crippen LogP contribution in [0.3, 0.4) is 0 Å². The molecule has 104 valence electrons. The third-order valence-electron chi connectivity index (χ3n) is 3.59. The zero-order valence-corrected chi connectivity index (χ0v) is 11.3. The lowest BCUT2D eigenvalue weighted by molar-refractivity contribution is -0.137. The Kier molecular flexibility index (Phi) is 5.95. The minimum Gasteiger partial charge on any atom is -0.481 e. The van der Waals surface area contributed by atoms with E-state index in [4.69, 9.17) is 5.11 Å². The number of urea groups is 1. The summed E-state index contributed by atoms with van der Waals surface area (Å²) in [7, 11) is 1.84. The second-order valence-corrected chi connectivity index (χ2v) is 5.19. The monoisotopic (exact) mass is 256 g/mol.